The Bertz CT molecular complexity index is 677. The molecular weight excluding hydrogens is 350 g/mol. The number of carbonyl (C=O) groups is 2. The summed E-state index contributed by atoms with van der Waals surface area (Å²) in [6, 6.07) is 0.284. The van der Waals surface area contributed by atoms with Gasteiger partial charge in [0.1, 0.15) is 0 Å². The SMILES string of the molecule is C[C@@]12CCC[C@H]1[C@@H]1CC[C@@H]3C[C@H](N4CC(C(=O)O)CC4=O)CC[C@]3(C)[C@H]1CC2. The molecule has 1 amide bonds. The van der Waals surface area contributed by atoms with Crippen molar-refractivity contribution in [3.63, 3.8) is 0 Å². The molecule has 1 unspecified atom stereocenters. The quantitative estimate of drug-likeness (QED) is 0.746. The number of likely N-dealkylation sites (tertiary alicyclic amines) is 1. The first-order valence-electron chi connectivity index (χ1n) is 11.8. The van der Waals surface area contributed by atoms with Crippen LogP contribution >= 0.6 is 0 Å². The second-order valence-electron chi connectivity index (χ2n) is 11.5. The van der Waals surface area contributed by atoms with Crippen molar-refractivity contribution < 1.29 is 14.7 Å². The summed E-state index contributed by atoms with van der Waals surface area (Å²) in [4.78, 5) is 25.8. The third-order valence-corrected chi connectivity index (χ3v) is 10.4. The lowest BCUT2D eigenvalue weighted by Gasteiger charge is -2.61. The molecule has 4 nitrogen and oxygen atoms in total. The highest BCUT2D eigenvalue weighted by Gasteiger charge is 2.58. The normalized spacial score (nSPS) is 50.8. The van der Waals surface area contributed by atoms with Gasteiger partial charge in [0, 0.05) is 19.0 Å². The Labute approximate surface area is 169 Å². The fraction of sp³-hybridized carbons (Fsp3) is 0.917. The van der Waals surface area contributed by atoms with Crippen molar-refractivity contribution in [2.45, 2.75) is 90.5 Å². The van der Waals surface area contributed by atoms with Crippen LogP contribution in [0.5, 0.6) is 0 Å². The summed E-state index contributed by atoms with van der Waals surface area (Å²) in [5.74, 6) is 2.27. The fourth-order valence-corrected chi connectivity index (χ4v) is 8.76. The summed E-state index contributed by atoms with van der Waals surface area (Å²) < 4.78 is 0. The molecular formula is C24H37NO3. The largest absolute Gasteiger partial charge is 0.481 e. The second kappa shape index (κ2) is 6.47. The number of rotatable bonds is 2. The number of carbonyl (C=O) groups excluding carboxylic acids is 1. The van der Waals surface area contributed by atoms with Gasteiger partial charge in [-0.25, -0.2) is 0 Å². The molecule has 0 radical (unpaired) electrons. The molecule has 0 aromatic rings. The Hall–Kier alpha value is -1.06. The minimum Gasteiger partial charge on any atom is -0.481 e. The highest BCUT2D eigenvalue weighted by molar-refractivity contribution is 5.86. The van der Waals surface area contributed by atoms with E-state index >= 15 is 0 Å². The highest BCUT2D eigenvalue weighted by Crippen LogP contribution is 2.66. The van der Waals surface area contributed by atoms with Crippen LogP contribution in [0.25, 0.3) is 0 Å². The maximum Gasteiger partial charge on any atom is 0.308 e. The Morgan fingerprint density at radius 3 is 2.61 bits per heavy atom. The van der Waals surface area contributed by atoms with Gasteiger partial charge >= 0.3 is 5.97 Å². The molecule has 0 spiro atoms. The van der Waals surface area contributed by atoms with Crippen LogP contribution < -0.4 is 0 Å². The third-order valence-electron chi connectivity index (χ3n) is 10.4. The second-order valence-corrected chi connectivity index (χ2v) is 11.5. The van der Waals surface area contributed by atoms with Gasteiger partial charge < -0.3 is 10.0 Å². The molecule has 0 aromatic carbocycles. The van der Waals surface area contributed by atoms with Crippen LogP contribution in [0, 0.1) is 40.4 Å². The van der Waals surface area contributed by atoms with Gasteiger partial charge in [0.2, 0.25) is 5.91 Å². The zero-order chi connectivity index (χ0) is 19.7. The fourth-order valence-electron chi connectivity index (χ4n) is 8.76. The van der Waals surface area contributed by atoms with Crippen molar-refractivity contribution in [1.82, 2.24) is 4.90 Å². The number of nitrogens with zero attached hydrogens (tertiary/aromatic N) is 1. The average Bonchev–Trinajstić information content (AvgIpc) is 3.24. The molecule has 5 aliphatic rings. The van der Waals surface area contributed by atoms with Gasteiger partial charge in [-0.15, -0.1) is 0 Å². The smallest absolute Gasteiger partial charge is 0.308 e. The Kier molecular flexibility index (Phi) is 4.38. The van der Waals surface area contributed by atoms with Crippen molar-refractivity contribution >= 4 is 11.9 Å². The minimum atomic E-state index is -0.807. The van der Waals surface area contributed by atoms with Crippen LogP contribution in [0.2, 0.25) is 0 Å². The van der Waals surface area contributed by atoms with Crippen LogP contribution in [-0.4, -0.2) is 34.5 Å². The Balaban J connectivity index is 1.31. The lowest BCUT2D eigenvalue weighted by Crippen LogP contribution is -2.55. The first kappa shape index (κ1) is 18.9. The molecule has 1 aliphatic heterocycles. The van der Waals surface area contributed by atoms with E-state index in [0.717, 1.165) is 36.5 Å². The van der Waals surface area contributed by atoms with Gasteiger partial charge in [0.15, 0.2) is 0 Å². The summed E-state index contributed by atoms with van der Waals surface area (Å²) in [7, 11) is 0. The monoisotopic (exact) mass is 387 g/mol. The molecule has 156 valence electrons. The van der Waals surface area contributed by atoms with E-state index in [1.807, 2.05) is 4.90 Å². The first-order valence-corrected chi connectivity index (χ1v) is 11.8. The summed E-state index contributed by atoms with van der Waals surface area (Å²) in [6.45, 7) is 5.59. The molecule has 1 heterocycles. The molecule has 0 aromatic heterocycles. The van der Waals surface area contributed by atoms with Gasteiger partial charge in [-0.2, -0.15) is 0 Å². The number of fused-ring (bicyclic) bond motifs is 5. The zero-order valence-corrected chi connectivity index (χ0v) is 17.7. The summed E-state index contributed by atoms with van der Waals surface area (Å²) in [5, 5.41) is 9.32. The van der Waals surface area contributed by atoms with Crippen molar-refractivity contribution in [3.8, 4) is 0 Å². The zero-order valence-electron chi connectivity index (χ0n) is 17.7. The van der Waals surface area contributed by atoms with Crippen molar-refractivity contribution in [1.29, 1.82) is 0 Å². The van der Waals surface area contributed by atoms with Crippen molar-refractivity contribution in [2.24, 2.45) is 40.4 Å². The molecule has 4 aliphatic carbocycles. The number of carboxylic acid groups (broad SMARTS) is 1. The molecule has 4 saturated carbocycles. The van der Waals surface area contributed by atoms with Crippen LogP contribution in [0.4, 0.5) is 0 Å². The van der Waals surface area contributed by atoms with Crippen LogP contribution in [-0.2, 0) is 9.59 Å². The topological polar surface area (TPSA) is 57.6 Å². The van der Waals surface area contributed by atoms with Crippen LogP contribution in [0.1, 0.15) is 84.5 Å². The van der Waals surface area contributed by atoms with E-state index in [4.69, 9.17) is 0 Å². The number of amides is 1. The van der Waals surface area contributed by atoms with E-state index in [9.17, 15) is 14.7 Å². The van der Waals surface area contributed by atoms with E-state index in [2.05, 4.69) is 13.8 Å². The Morgan fingerprint density at radius 1 is 1.04 bits per heavy atom. The summed E-state index contributed by atoms with van der Waals surface area (Å²) >= 11 is 0. The molecule has 28 heavy (non-hydrogen) atoms. The number of hydrogen-bond acceptors (Lipinski definition) is 2. The maximum absolute atomic E-state index is 12.5. The molecule has 5 rings (SSSR count). The Morgan fingerprint density at radius 2 is 1.86 bits per heavy atom. The molecule has 0 bridgehead atoms. The predicted molar refractivity (Wildman–Crippen MR) is 108 cm³/mol. The number of carboxylic acids is 1. The predicted octanol–water partition coefficient (Wildman–Crippen LogP) is 4.72. The lowest BCUT2D eigenvalue weighted by atomic mass is 9.45. The van der Waals surface area contributed by atoms with E-state index in [0.29, 0.717) is 17.4 Å². The van der Waals surface area contributed by atoms with Crippen LogP contribution in [0.15, 0.2) is 0 Å². The molecule has 8 atom stereocenters. The molecule has 1 N–H and O–H groups in total. The maximum atomic E-state index is 12.5. The number of aliphatic carboxylic acids is 1. The van der Waals surface area contributed by atoms with Gasteiger partial charge in [-0.1, -0.05) is 20.3 Å². The van der Waals surface area contributed by atoms with E-state index in [-0.39, 0.29) is 18.4 Å². The standard InChI is InChI=1S/C24H37NO3/c1-23-9-3-4-19(23)18-6-5-16-13-17(7-11-24(16,2)20(18)8-10-23)25-14-15(22(27)28)12-21(25)26/h15-20H,3-14H2,1-2H3,(H,27,28)/t15?,16-,17-,18+,19+,20+,23+,24+/m1/s1. The molecule has 5 fully saturated rings. The van der Waals surface area contributed by atoms with E-state index in [1.54, 1.807) is 0 Å². The van der Waals surface area contributed by atoms with Crippen molar-refractivity contribution in [3.05, 3.63) is 0 Å². The van der Waals surface area contributed by atoms with E-state index < -0.39 is 11.9 Å². The van der Waals surface area contributed by atoms with E-state index in [1.165, 1.54) is 51.4 Å². The summed E-state index contributed by atoms with van der Waals surface area (Å²) in [6.07, 6.45) is 13.5. The van der Waals surface area contributed by atoms with Gasteiger partial charge in [0.05, 0.1) is 5.92 Å². The summed E-state index contributed by atoms with van der Waals surface area (Å²) in [5.41, 5.74) is 1.06. The molecule has 1 saturated heterocycles. The average molecular weight is 388 g/mol. The minimum absolute atomic E-state index is 0.0778. The first-order chi connectivity index (χ1) is 13.3. The van der Waals surface area contributed by atoms with Gasteiger partial charge in [-0.05, 0) is 92.3 Å². The van der Waals surface area contributed by atoms with Crippen molar-refractivity contribution in [2.75, 3.05) is 6.54 Å². The number of hydrogen-bond donors (Lipinski definition) is 1. The van der Waals surface area contributed by atoms with Gasteiger partial charge in [0.25, 0.3) is 0 Å². The van der Waals surface area contributed by atoms with Crippen LogP contribution in [0.3, 0.4) is 0 Å². The lowest BCUT2D eigenvalue weighted by molar-refractivity contribution is -0.141. The molecule has 4 heteroatoms. The van der Waals surface area contributed by atoms with Gasteiger partial charge in [-0.3, -0.25) is 9.59 Å². The third kappa shape index (κ3) is 2.69. The highest BCUT2D eigenvalue weighted by atomic mass is 16.4.